The molecule has 0 aliphatic heterocycles. The van der Waals surface area contributed by atoms with E-state index in [4.69, 9.17) is 16.3 Å². The number of aromatic amines is 1. The smallest absolute Gasteiger partial charge is 0.316 e. The summed E-state index contributed by atoms with van der Waals surface area (Å²) in [7, 11) is 0. The molecule has 4 nitrogen and oxygen atoms in total. The van der Waals surface area contributed by atoms with E-state index < -0.39 is 5.60 Å². The highest BCUT2D eigenvalue weighted by atomic mass is 35.5. The lowest BCUT2D eigenvalue weighted by atomic mass is 10.2. The number of aryl methyl sites for hydroxylation is 1. The summed E-state index contributed by atoms with van der Waals surface area (Å²) in [6.45, 7) is 7.49. The standard InChI is InChI=1S/C14H17ClN2O2S/c1-8-5-10-11(6-9(8)15)17-13(16-10)20-7-12(18)19-14(2,3)4/h5-6H,7H2,1-4H3,(H,16,17). The van der Waals surface area contributed by atoms with Crippen LogP contribution in [0, 0.1) is 6.92 Å². The SMILES string of the molecule is Cc1cc2[nH]c(SCC(=O)OC(C)(C)C)nc2cc1Cl. The van der Waals surface area contributed by atoms with E-state index in [1.54, 1.807) is 0 Å². The van der Waals surface area contributed by atoms with E-state index >= 15 is 0 Å². The van der Waals surface area contributed by atoms with Gasteiger partial charge in [-0.3, -0.25) is 4.79 Å². The molecule has 0 saturated carbocycles. The van der Waals surface area contributed by atoms with Gasteiger partial charge in [0.15, 0.2) is 5.16 Å². The average molecular weight is 313 g/mol. The van der Waals surface area contributed by atoms with Crippen LogP contribution in [0.15, 0.2) is 17.3 Å². The molecule has 0 atom stereocenters. The fourth-order valence-corrected chi connectivity index (χ4v) is 2.50. The maximum absolute atomic E-state index is 11.6. The van der Waals surface area contributed by atoms with Gasteiger partial charge in [0, 0.05) is 5.02 Å². The van der Waals surface area contributed by atoms with Crippen molar-refractivity contribution in [2.75, 3.05) is 5.75 Å². The number of carbonyl (C=O) groups excluding carboxylic acids is 1. The van der Waals surface area contributed by atoms with Gasteiger partial charge in [-0.05, 0) is 45.4 Å². The summed E-state index contributed by atoms with van der Waals surface area (Å²) < 4.78 is 5.25. The molecule has 108 valence electrons. The van der Waals surface area contributed by atoms with Crippen molar-refractivity contribution in [3.63, 3.8) is 0 Å². The van der Waals surface area contributed by atoms with E-state index in [-0.39, 0.29) is 11.7 Å². The van der Waals surface area contributed by atoms with Crippen LogP contribution in [0.2, 0.25) is 5.02 Å². The summed E-state index contributed by atoms with van der Waals surface area (Å²) in [6, 6.07) is 3.77. The van der Waals surface area contributed by atoms with Crippen molar-refractivity contribution in [1.82, 2.24) is 9.97 Å². The third-order valence-corrected chi connectivity index (χ3v) is 3.74. The number of fused-ring (bicyclic) bond motifs is 1. The normalized spacial score (nSPS) is 11.8. The van der Waals surface area contributed by atoms with Gasteiger partial charge in [0.25, 0.3) is 0 Å². The van der Waals surface area contributed by atoms with Crippen molar-refractivity contribution in [1.29, 1.82) is 0 Å². The summed E-state index contributed by atoms with van der Waals surface area (Å²) in [5.74, 6) is -0.0266. The Bertz CT molecular complexity index is 607. The van der Waals surface area contributed by atoms with Crippen molar-refractivity contribution >= 4 is 40.4 Å². The monoisotopic (exact) mass is 312 g/mol. The number of rotatable bonds is 3. The Labute approximate surface area is 127 Å². The van der Waals surface area contributed by atoms with Crippen molar-refractivity contribution in [3.8, 4) is 0 Å². The molecule has 1 aromatic carbocycles. The van der Waals surface area contributed by atoms with E-state index in [2.05, 4.69) is 9.97 Å². The van der Waals surface area contributed by atoms with Gasteiger partial charge in [-0.15, -0.1) is 0 Å². The maximum Gasteiger partial charge on any atom is 0.316 e. The zero-order valence-electron chi connectivity index (χ0n) is 11.9. The number of esters is 1. The number of imidazole rings is 1. The second-order valence-corrected chi connectivity index (χ2v) is 6.91. The van der Waals surface area contributed by atoms with Crippen LogP contribution >= 0.6 is 23.4 Å². The molecule has 0 aliphatic carbocycles. The third-order valence-electron chi connectivity index (χ3n) is 2.49. The predicted molar refractivity (Wildman–Crippen MR) is 82.4 cm³/mol. The van der Waals surface area contributed by atoms with Crippen LogP contribution in [0.3, 0.4) is 0 Å². The number of nitrogens with one attached hydrogen (secondary N) is 1. The van der Waals surface area contributed by atoms with Gasteiger partial charge in [0.05, 0.1) is 16.8 Å². The summed E-state index contributed by atoms with van der Waals surface area (Å²) in [5.41, 5.74) is 2.24. The van der Waals surface area contributed by atoms with Crippen molar-refractivity contribution in [2.24, 2.45) is 0 Å². The molecule has 0 radical (unpaired) electrons. The fraction of sp³-hybridized carbons (Fsp3) is 0.429. The molecule has 0 unspecified atom stereocenters. The van der Waals surface area contributed by atoms with Crippen molar-refractivity contribution in [2.45, 2.75) is 38.5 Å². The first-order chi connectivity index (χ1) is 9.24. The molecule has 0 amide bonds. The lowest BCUT2D eigenvalue weighted by Gasteiger charge is -2.18. The predicted octanol–water partition coefficient (Wildman–Crippen LogP) is 3.96. The van der Waals surface area contributed by atoms with Gasteiger partial charge in [-0.2, -0.15) is 0 Å². The van der Waals surface area contributed by atoms with Gasteiger partial charge < -0.3 is 9.72 Å². The first-order valence-corrected chi connectivity index (χ1v) is 7.61. The Kier molecular flexibility index (Phi) is 4.30. The van der Waals surface area contributed by atoms with Crippen molar-refractivity contribution in [3.05, 3.63) is 22.7 Å². The molecular formula is C14H17ClN2O2S. The topological polar surface area (TPSA) is 55.0 Å². The van der Waals surface area contributed by atoms with Crippen LogP contribution in [0.5, 0.6) is 0 Å². The van der Waals surface area contributed by atoms with Gasteiger partial charge in [-0.25, -0.2) is 4.98 Å². The Morgan fingerprint density at radius 3 is 2.80 bits per heavy atom. The number of H-pyrrole nitrogens is 1. The van der Waals surface area contributed by atoms with Gasteiger partial charge >= 0.3 is 5.97 Å². The van der Waals surface area contributed by atoms with E-state index in [1.165, 1.54) is 11.8 Å². The van der Waals surface area contributed by atoms with Gasteiger partial charge in [0.2, 0.25) is 0 Å². The zero-order valence-corrected chi connectivity index (χ0v) is 13.5. The van der Waals surface area contributed by atoms with Crippen LogP contribution in [0.25, 0.3) is 11.0 Å². The second kappa shape index (κ2) is 5.66. The lowest BCUT2D eigenvalue weighted by molar-refractivity contribution is -0.151. The quantitative estimate of drug-likeness (QED) is 0.688. The molecule has 0 spiro atoms. The summed E-state index contributed by atoms with van der Waals surface area (Å²) in [4.78, 5) is 19.2. The van der Waals surface area contributed by atoms with Crippen LogP contribution in [0.4, 0.5) is 0 Å². The van der Waals surface area contributed by atoms with Crippen LogP contribution in [-0.4, -0.2) is 27.3 Å². The number of nitrogens with zero attached hydrogens (tertiary/aromatic N) is 1. The highest BCUT2D eigenvalue weighted by Gasteiger charge is 2.17. The molecule has 1 heterocycles. The van der Waals surface area contributed by atoms with E-state index in [1.807, 2.05) is 39.8 Å². The average Bonchev–Trinajstić information content (AvgIpc) is 2.67. The number of hydrogen-bond donors (Lipinski definition) is 1. The molecular weight excluding hydrogens is 296 g/mol. The maximum atomic E-state index is 11.6. The summed E-state index contributed by atoms with van der Waals surface area (Å²) in [6.07, 6.45) is 0. The molecule has 0 aliphatic rings. The highest BCUT2D eigenvalue weighted by Crippen LogP contribution is 2.25. The van der Waals surface area contributed by atoms with E-state index in [0.29, 0.717) is 10.2 Å². The number of aromatic nitrogens is 2. The van der Waals surface area contributed by atoms with E-state index in [9.17, 15) is 4.79 Å². The Morgan fingerprint density at radius 1 is 1.45 bits per heavy atom. The van der Waals surface area contributed by atoms with E-state index in [0.717, 1.165) is 16.6 Å². The van der Waals surface area contributed by atoms with Crippen LogP contribution in [-0.2, 0) is 9.53 Å². The number of ether oxygens (including phenoxy) is 1. The molecule has 0 saturated heterocycles. The lowest BCUT2D eigenvalue weighted by Crippen LogP contribution is -2.24. The van der Waals surface area contributed by atoms with Gasteiger partial charge in [-0.1, -0.05) is 23.4 Å². The highest BCUT2D eigenvalue weighted by molar-refractivity contribution is 7.99. The van der Waals surface area contributed by atoms with Crippen molar-refractivity contribution < 1.29 is 9.53 Å². The molecule has 2 rings (SSSR count). The first-order valence-electron chi connectivity index (χ1n) is 6.25. The minimum absolute atomic E-state index is 0.226. The number of halogens is 1. The number of carbonyl (C=O) groups is 1. The van der Waals surface area contributed by atoms with Crippen LogP contribution in [0.1, 0.15) is 26.3 Å². The Morgan fingerprint density at radius 2 is 2.15 bits per heavy atom. The number of thioether (sulfide) groups is 1. The summed E-state index contributed by atoms with van der Waals surface area (Å²) in [5, 5.41) is 1.38. The minimum atomic E-state index is -0.462. The Hall–Kier alpha value is -1.20. The molecule has 0 fully saturated rings. The Balaban J connectivity index is 2.05. The second-order valence-electron chi connectivity index (χ2n) is 5.54. The molecule has 2 aromatic rings. The zero-order chi connectivity index (χ0) is 14.9. The molecule has 1 aromatic heterocycles. The largest absolute Gasteiger partial charge is 0.459 e. The molecule has 6 heteroatoms. The molecule has 0 bridgehead atoms. The minimum Gasteiger partial charge on any atom is -0.459 e. The molecule has 20 heavy (non-hydrogen) atoms. The van der Waals surface area contributed by atoms with Gasteiger partial charge in [0.1, 0.15) is 5.60 Å². The number of benzene rings is 1. The first kappa shape index (κ1) is 15.2. The number of hydrogen-bond acceptors (Lipinski definition) is 4. The fourth-order valence-electron chi connectivity index (χ4n) is 1.68. The summed E-state index contributed by atoms with van der Waals surface area (Å²) >= 11 is 7.38. The van der Waals surface area contributed by atoms with Crippen LogP contribution < -0.4 is 0 Å². The molecule has 1 N–H and O–H groups in total. The third kappa shape index (κ3) is 3.90.